The number of fused-ring (bicyclic) bond motifs is 1. The Bertz CT molecular complexity index is 525. The van der Waals surface area contributed by atoms with Crippen molar-refractivity contribution in [1.82, 2.24) is 0 Å². The lowest BCUT2D eigenvalue weighted by Gasteiger charge is -2.27. The van der Waals surface area contributed by atoms with Gasteiger partial charge in [0, 0.05) is 5.69 Å². The van der Waals surface area contributed by atoms with E-state index >= 15 is 0 Å². The molecule has 1 aliphatic heterocycles. The first kappa shape index (κ1) is 10.0. The molecule has 1 heterocycles. The van der Waals surface area contributed by atoms with Gasteiger partial charge in [0.25, 0.3) is 0 Å². The average molecular weight is 226 g/mol. The number of benzene rings is 2. The summed E-state index contributed by atoms with van der Waals surface area (Å²) in [5.41, 5.74) is 8.63. The van der Waals surface area contributed by atoms with E-state index in [2.05, 4.69) is 17.4 Å². The van der Waals surface area contributed by atoms with Gasteiger partial charge in [-0.3, -0.25) is 0 Å². The van der Waals surface area contributed by atoms with Crippen molar-refractivity contribution in [2.45, 2.75) is 6.10 Å². The molecule has 1 unspecified atom stereocenters. The molecule has 0 aliphatic carbocycles. The summed E-state index contributed by atoms with van der Waals surface area (Å²) in [6.45, 7) is 0.764. The molecule has 86 valence electrons. The minimum absolute atomic E-state index is 0.0623. The second kappa shape index (κ2) is 4.01. The Balaban J connectivity index is 1.88. The van der Waals surface area contributed by atoms with Crippen LogP contribution in [0.2, 0.25) is 0 Å². The molecular weight excluding hydrogens is 212 g/mol. The van der Waals surface area contributed by atoms with Gasteiger partial charge < -0.3 is 15.8 Å². The molecule has 0 radical (unpaired) electrons. The third-order valence-electron chi connectivity index (χ3n) is 2.92. The van der Waals surface area contributed by atoms with Crippen LogP contribution in [0.5, 0.6) is 5.75 Å². The van der Waals surface area contributed by atoms with E-state index in [1.807, 2.05) is 36.4 Å². The number of rotatable bonds is 1. The van der Waals surface area contributed by atoms with E-state index in [9.17, 15) is 0 Å². The van der Waals surface area contributed by atoms with Crippen LogP contribution in [0.1, 0.15) is 11.7 Å². The molecule has 0 spiro atoms. The van der Waals surface area contributed by atoms with Crippen molar-refractivity contribution in [2.24, 2.45) is 0 Å². The fraction of sp³-hybridized carbons (Fsp3) is 0.143. The van der Waals surface area contributed by atoms with E-state index in [1.165, 1.54) is 5.56 Å². The van der Waals surface area contributed by atoms with Gasteiger partial charge in [-0.15, -0.1) is 0 Å². The Kier molecular flexibility index (Phi) is 2.37. The molecule has 0 saturated carbocycles. The number of hydrogen-bond donors (Lipinski definition) is 2. The van der Waals surface area contributed by atoms with E-state index in [0.717, 1.165) is 23.7 Å². The topological polar surface area (TPSA) is 47.3 Å². The van der Waals surface area contributed by atoms with Crippen molar-refractivity contribution in [3.63, 3.8) is 0 Å². The van der Waals surface area contributed by atoms with Gasteiger partial charge in [0.05, 0.1) is 12.2 Å². The van der Waals surface area contributed by atoms with E-state index < -0.39 is 0 Å². The Morgan fingerprint density at radius 3 is 2.76 bits per heavy atom. The van der Waals surface area contributed by atoms with Crippen molar-refractivity contribution in [1.29, 1.82) is 0 Å². The van der Waals surface area contributed by atoms with Gasteiger partial charge in [-0.25, -0.2) is 0 Å². The molecule has 2 aromatic carbocycles. The van der Waals surface area contributed by atoms with Crippen LogP contribution in [0, 0.1) is 0 Å². The first-order chi connectivity index (χ1) is 8.33. The minimum atomic E-state index is 0.0623. The monoisotopic (exact) mass is 226 g/mol. The van der Waals surface area contributed by atoms with Crippen LogP contribution in [-0.2, 0) is 0 Å². The molecule has 17 heavy (non-hydrogen) atoms. The molecule has 3 heteroatoms. The van der Waals surface area contributed by atoms with Gasteiger partial charge >= 0.3 is 0 Å². The second-order valence-electron chi connectivity index (χ2n) is 4.15. The van der Waals surface area contributed by atoms with Gasteiger partial charge in [-0.1, -0.05) is 30.3 Å². The van der Waals surface area contributed by atoms with Gasteiger partial charge in [-0.05, 0) is 23.8 Å². The highest BCUT2D eigenvalue weighted by atomic mass is 16.5. The maximum atomic E-state index is 5.95. The van der Waals surface area contributed by atoms with Crippen molar-refractivity contribution < 1.29 is 4.74 Å². The van der Waals surface area contributed by atoms with Crippen LogP contribution in [0.25, 0.3) is 0 Å². The fourth-order valence-electron chi connectivity index (χ4n) is 2.04. The number of hydrogen-bond acceptors (Lipinski definition) is 3. The highest BCUT2D eigenvalue weighted by Gasteiger charge is 2.20. The third-order valence-corrected chi connectivity index (χ3v) is 2.92. The van der Waals surface area contributed by atoms with E-state index in [0.29, 0.717) is 0 Å². The molecule has 0 saturated heterocycles. The molecule has 1 atom stereocenters. The largest absolute Gasteiger partial charge is 0.482 e. The van der Waals surface area contributed by atoms with Gasteiger partial charge in [0.15, 0.2) is 0 Å². The molecule has 0 fully saturated rings. The fourth-order valence-corrected chi connectivity index (χ4v) is 2.04. The second-order valence-corrected chi connectivity index (χ2v) is 4.15. The summed E-state index contributed by atoms with van der Waals surface area (Å²) >= 11 is 0. The summed E-state index contributed by atoms with van der Waals surface area (Å²) in [7, 11) is 0. The van der Waals surface area contributed by atoms with Crippen molar-refractivity contribution in [3.8, 4) is 5.75 Å². The summed E-state index contributed by atoms with van der Waals surface area (Å²) in [5.74, 6) is 0.860. The standard InChI is InChI=1S/C14H14N2O/c15-11-6-7-13-12(8-11)16-9-14(17-13)10-4-2-1-3-5-10/h1-8,14,16H,9,15H2. The first-order valence-corrected chi connectivity index (χ1v) is 5.68. The molecule has 3 N–H and O–H groups in total. The number of anilines is 2. The van der Waals surface area contributed by atoms with Crippen molar-refractivity contribution >= 4 is 11.4 Å². The number of nitrogen functional groups attached to an aromatic ring is 1. The van der Waals surface area contributed by atoms with Gasteiger partial charge in [-0.2, -0.15) is 0 Å². The number of nitrogens with one attached hydrogen (secondary N) is 1. The van der Waals surface area contributed by atoms with Crippen LogP contribution in [0.15, 0.2) is 48.5 Å². The molecule has 3 rings (SSSR count). The molecular formula is C14H14N2O. The van der Waals surface area contributed by atoms with Gasteiger partial charge in [0.2, 0.25) is 0 Å². The number of nitrogens with two attached hydrogens (primary N) is 1. The van der Waals surface area contributed by atoms with E-state index in [4.69, 9.17) is 10.5 Å². The van der Waals surface area contributed by atoms with Crippen molar-refractivity contribution in [3.05, 3.63) is 54.1 Å². The predicted molar refractivity (Wildman–Crippen MR) is 69.2 cm³/mol. The Hall–Kier alpha value is -2.16. The maximum absolute atomic E-state index is 5.95. The molecule has 2 aromatic rings. The summed E-state index contributed by atoms with van der Waals surface area (Å²) in [6, 6.07) is 15.9. The lowest BCUT2D eigenvalue weighted by molar-refractivity contribution is 0.210. The normalized spacial score (nSPS) is 17.8. The Labute approximate surface area is 100 Å². The zero-order valence-corrected chi connectivity index (χ0v) is 9.39. The maximum Gasteiger partial charge on any atom is 0.143 e. The van der Waals surface area contributed by atoms with Crippen LogP contribution < -0.4 is 15.8 Å². The smallest absolute Gasteiger partial charge is 0.143 e. The van der Waals surface area contributed by atoms with Crippen LogP contribution in [-0.4, -0.2) is 6.54 Å². The Morgan fingerprint density at radius 1 is 1.12 bits per heavy atom. The molecule has 1 aliphatic rings. The molecule has 0 aromatic heterocycles. The quantitative estimate of drug-likeness (QED) is 0.735. The summed E-state index contributed by atoms with van der Waals surface area (Å²) < 4.78 is 5.95. The van der Waals surface area contributed by atoms with Crippen LogP contribution in [0.3, 0.4) is 0 Å². The average Bonchev–Trinajstić information content (AvgIpc) is 2.39. The SMILES string of the molecule is Nc1ccc2c(c1)NCC(c1ccccc1)O2. The van der Waals surface area contributed by atoms with Crippen LogP contribution in [0.4, 0.5) is 11.4 Å². The minimum Gasteiger partial charge on any atom is -0.482 e. The first-order valence-electron chi connectivity index (χ1n) is 5.68. The summed E-state index contributed by atoms with van der Waals surface area (Å²) in [5, 5.41) is 3.35. The summed E-state index contributed by atoms with van der Waals surface area (Å²) in [4.78, 5) is 0. The highest BCUT2D eigenvalue weighted by molar-refractivity contribution is 5.64. The van der Waals surface area contributed by atoms with E-state index in [-0.39, 0.29) is 6.10 Å². The molecule has 0 bridgehead atoms. The van der Waals surface area contributed by atoms with Crippen molar-refractivity contribution in [2.75, 3.05) is 17.6 Å². The number of ether oxygens (including phenoxy) is 1. The zero-order valence-electron chi connectivity index (χ0n) is 9.39. The summed E-state index contributed by atoms with van der Waals surface area (Å²) in [6.07, 6.45) is 0.0623. The molecule has 3 nitrogen and oxygen atoms in total. The van der Waals surface area contributed by atoms with E-state index in [1.54, 1.807) is 0 Å². The zero-order chi connectivity index (χ0) is 11.7. The lowest BCUT2D eigenvalue weighted by atomic mass is 10.1. The lowest BCUT2D eigenvalue weighted by Crippen LogP contribution is -2.23. The Morgan fingerprint density at radius 2 is 1.94 bits per heavy atom. The third kappa shape index (κ3) is 1.91. The predicted octanol–water partition coefficient (Wildman–Crippen LogP) is 2.81. The van der Waals surface area contributed by atoms with Crippen LogP contribution >= 0.6 is 0 Å². The van der Waals surface area contributed by atoms with Gasteiger partial charge in [0.1, 0.15) is 11.9 Å². The molecule has 0 amide bonds. The highest BCUT2D eigenvalue weighted by Crippen LogP contribution is 2.35.